The van der Waals surface area contributed by atoms with Gasteiger partial charge in [-0.2, -0.15) is 0 Å². The Morgan fingerprint density at radius 1 is 1.38 bits per heavy atom. The fourth-order valence-electron chi connectivity index (χ4n) is 2.52. The number of amides is 2. The molecule has 0 aliphatic carbocycles. The number of piperidine rings is 1. The van der Waals surface area contributed by atoms with Gasteiger partial charge in [0.1, 0.15) is 0 Å². The van der Waals surface area contributed by atoms with Crippen LogP contribution < -0.4 is 5.32 Å². The van der Waals surface area contributed by atoms with E-state index in [1.165, 1.54) is 0 Å². The van der Waals surface area contributed by atoms with Crippen LogP contribution in [0.3, 0.4) is 0 Å². The first kappa shape index (κ1) is 15.8. The van der Waals surface area contributed by atoms with Crippen LogP contribution >= 0.6 is 15.9 Å². The first-order valence-corrected chi connectivity index (χ1v) is 7.79. The third kappa shape index (κ3) is 4.20. The van der Waals surface area contributed by atoms with Crippen molar-refractivity contribution in [3.05, 3.63) is 28.2 Å². The van der Waals surface area contributed by atoms with E-state index in [1.807, 2.05) is 25.1 Å². The highest BCUT2D eigenvalue weighted by Gasteiger charge is 2.24. The van der Waals surface area contributed by atoms with Gasteiger partial charge in [-0.25, -0.2) is 4.79 Å². The first-order chi connectivity index (χ1) is 9.97. The number of carboxylic acids is 1. The van der Waals surface area contributed by atoms with E-state index in [0.29, 0.717) is 13.1 Å². The normalized spacial score (nSPS) is 15.8. The van der Waals surface area contributed by atoms with Gasteiger partial charge in [0.2, 0.25) is 0 Å². The summed E-state index contributed by atoms with van der Waals surface area (Å²) in [5.74, 6) is -0.582. The predicted octanol–water partition coefficient (Wildman–Crippen LogP) is 3.48. The number of carbonyl (C=O) groups is 2. The molecule has 1 saturated heterocycles. The number of halogens is 1. The second-order valence-corrected chi connectivity index (χ2v) is 6.23. The minimum Gasteiger partial charge on any atom is -0.481 e. The van der Waals surface area contributed by atoms with Gasteiger partial charge in [-0.05, 0) is 43.4 Å². The zero-order chi connectivity index (χ0) is 15.4. The average molecular weight is 355 g/mol. The van der Waals surface area contributed by atoms with E-state index in [2.05, 4.69) is 21.2 Å². The van der Waals surface area contributed by atoms with Gasteiger partial charge in [-0.1, -0.05) is 22.0 Å². The predicted molar refractivity (Wildman–Crippen MR) is 84.4 cm³/mol. The van der Waals surface area contributed by atoms with Crippen molar-refractivity contribution in [1.82, 2.24) is 4.90 Å². The molecule has 5 nitrogen and oxygen atoms in total. The number of aliphatic carboxylic acids is 1. The molecule has 0 radical (unpaired) electrons. The summed E-state index contributed by atoms with van der Waals surface area (Å²) >= 11 is 3.44. The van der Waals surface area contributed by atoms with E-state index in [0.717, 1.165) is 28.6 Å². The third-order valence-corrected chi connectivity index (χ3v) is 4.73. The van der Waals surface area contributed by atoms with Crippen molar-refractivity contribution in [3.63, 3.8) is 0 Å². The quantitative estimate of drug-likeness (QED) is 0.872. The van der Waals surface area contributed by atoms with Crippen LogP contribution in [0.5, 0.6) is 0 Å². The minimum atomic E-state index is -0.761. The van der Waals surface area contributed by atoms with Crippen LogP contribution in [0.1, 0.15) is 24.8 Å². The number of benzene rings is 1. The van der Waals surface area contributed by atoms with Gasteiger partial charge < -0.3 is 15.3 Å². The lowest BCUT2D eigenvalue weighted by atomic mass is 9.94. The Morgan fingerprint density at radius 2 is 2.05 bits per heavy atom. The van der Waals surface area contributed by atoms with Gasteiger partial charge in [-0.15, -0.1) is 0 Å². The van der Waals surface area contributed by atoms with E-state index in [-0.39, 0.29) is 18.4 Å². The molecule has 2 amide bonds. The summed E-state index contributed by atoms with van der Waals surface area (Å²) in [6.07, 6.45) is 1.69. The van der Waals surface area contributed by atoms with Gasteiger partial charge in [0.15, 0.2) is 0 Å². The standard InChI is InChI=1S/C15H19BrN2O3/c1-10-12(16)3-2-4-13(10)17-15(21)18-7-5-11(6-8-18)9-14(19)20/h2-4,11H,5-9H2,1H3,(H,17,21)(H,19,20). The van der Waals surface area contributed by atoms with E-state index in [1.54, 1.807) is 4.90 Å². The topological polar surface area (TPSA) is 69.6 Å². The number of carbonyl (C=O) groups excluding carboxylic acids is 1. The number of anilines is 1. The molecule has 0 spiro atoms. The SMILES string of the molecule is Cc1c(Br)cccc1NC(=O)N1CCC(CC(=O)O)CC1. The van der Waals surface area contributed by atoms with Crippen molar-refractivity contribution >= 4 is 33.6 Å². The molecular formula is C15H19BrN2O3. The first-order valence-electron chi connectivity index (χ1n) is 7.00. The average Bonchev–Trinajstić information content (AvgIpc) is 2.44. The van der Waals surface area contributed by atoms with Crippen LogP contribution in [-0.2, 0) is 4.79 Å². The smallest absolute Gasteiger partial charge is 0.321 e. The molecule has 6 heteroatoms. The summed E-state index contributed by atoms with van der Waals surface area (Å²) in [6.45, 7) is 3.16. The summed E-state index contributed by atoms with van der Waals surface area (Å²) < 4.78 is 0.959. The number of hydrogen-bond acceptors (Lipinski definition) is 2. The molecule has 114 valence electrons. The summed E-state index contributed by atoms with van der Waals surface area (Å²) in [5, 5.41) is 11.7. The van der Waals surface area contributed by atoms with Crippen LogP contribution in [-0.4, -0.2) is 35.1 Å². The molecule has 2 N–H and O–H groups in total. The number of rotatable bonds is 3. The highest BCUT2D eigenvalue weighted by Crippen LogP contribution is 2.25. The molecular weight excluding hydrogens is 336 g/mol. The van der Waals surface area contributed by atoms with Crippen molar-refractivity contribution in [2.75, 3.05) is 18.4 Å². The maximum Gasteiger partial charge on any atom is 0.321 e. The Kier molecular flexibility index (Phi) is 5.22. The number of carboxylic acid groups (broad SMARTS) is 1. The zero-order valence-electron chi connectivity index (χ0n) is 11.9. The maximum atomic E-state index is 12.2. The molecule has 1 aliphatic heterocycles. The van der Waals surface area contributed by atoms with Crippen LogP contribution in [0.4, 0.5) is 10.5 Å². The van der Waals surface area contributed by atoms with Crippen molar-refractivity contribution in [2.24, 2.45) is 5.92 Å². The lowest BCUT2D eigenvalue weighted by Crippen LogP contribution is -2.41. The molecule has 0 unspecified atom stereocenters. The number of nitrogens with zero attached hydrogens (tertiary/aromatic N) is 1. The van der Waals surface area contributed by atoms with Gasteiger partial charge in [0.05, 0.1) is 0 Å². The number of hydrogen-bond donors (Lipinski definition) is 2. The monoisotopic (exact) mass is 354 g/mol. The molecule has 1 fully saturated rings. The van der Waals surface area contributed by atoms with E-state index in [4.69, 9.17) is 5.11 Å². The lowest BCUT2D eigenvalue weighted by molar-refractivity contribution is -0.138. The Balaban J connectivity index is 1.90. The molecule has 1 aromatic carbocycles. The number of urea groups is 1. The molecule has 0 atom stereocenters. The Morgan fingerprint density at radius 3 is 2.67 bits per heavy atom. The highest BCUT2D eigenvalue weighted by molar-refractivity contribution is 9.10. The number of likely N-dealkylation sites (tertiary alicyclic amines) is 1. The van der Waals surface area contributed by atoms with Crippen LogP contribution in [0.2, 0.25) is 0 Å². The second kappa shape index (κ2) is 6.93. The van der Waals surface area contributed by atoms with Crippen LogP contribution in [0.15, 0.2) is 22.7 Å². The summed E-state index contributed by atoms with van der Waals surface area (Å²) in [7, 11) is 0. The van der Waals surface area contributed by atoms with Gasteiger partial charge in [-0.3, -0.25) is 4.79 Å². The molecule has 0 saturated carbocycles. The van der Waals surface area contributed by atoms with Crippen molar-refractivity contribution in [1.29, 1.82) is 0 Å². The minimum absolute atomic E-state index is 0.120. The van der Waals surface area contributed by atoms with E-state index < -0.39 is 5.97 Å². The largest absolute Gasteiger partial charge is 0.481 e. The van der Waals surface area contributed by atoms with Crippen molar-refractivity contribution in [3.8, 4) is 0 Å². The maximum absolute atomic E-state index is 12.2. The van der Waals surface area contributed by atoms with Crippen LogP contribution in [0, 0.1) is 12.8 Å². The fourth-order valence-corrected chi connectivity index (χ4v) is 2.89. The second-order valence-electron chi connectivity index (χ2n) is 5.37. The van der Waals surface area contributed by atoms with Crippen molar-refractivity contribution in [2.45, 2.75) is 26.2 Å². The summed E-state index contributed by atoms with van der Waals surface area (Å²) in [4.78, 5) is 24.7. The molecule has 1 heterocycles. The Labute approximate surface area is 132 Å². The molecule has 1 aromatic rings. The van der Waals surface area contributed by atoms with Gasteiger partial charge in [0.25, 0.3) is 0 Å². The number of nitrogens with one attached hydrogen (secondary N) is 1. The summed E-state index contributed by atoms with van der Waals surface area (Å²) in [5.41, 5.74) is 1.79. The highest BCUT2D eigenvalue weighted by atomic mass is 79.9. The Hall–Kier alpha value is -1.56. The summed E-state index contributed by atoms with van der Waals surface area (Å²) in [6, 6.07) is 5.56. The van der Waals surface area contributed by atoms with Gasteiger partial charge in [0, 0.05) is 29.7 Å². The van der Waals surface area contributed by atoms with Crippen LogP contribution in [0.25, 0.3) is 0 Å². The lowest BCUT2D eigenvalue weighted by Gasteiger charge is -2.31. The molecule has 2 rings (SSSR count). The third-order valence-electron chi connectivity index (χ3n) is 3.87. The van der Waals surface area contributed by atoms with Gasteiger partial charge >= 0.3 is 12.0 Å². The van der Waals surface area contributed by atoms with Crippen molar-refractivity contribution < 1.29 is 14.7 Å². The van der Waals surface area contributed by atoms with E-state index in [9.17, 15) is 9.59 Å². The van der Waals surface area contributed by atoms with E-state index >= 15 is 0 Å². The molecule has 0 aromatic heterocycles. The molecule has 1 aliphatic rings. The Bertz CT molecular complexity index is 540. The molecule has 21 heavy (non-hydrogen) atoms. The fraction of sp³-hybridized carbons (Fsp3) is 0.467. The molecule has 0 bridgehead atoms. The zero-order valence-corrected chi connectivity index (χ0v) is 13.5.